The Labute approximate surface area is 157 Å². The summed E-state index contributed by atoms with van der Waals surface area (Å²) >= 11 is 7.31. The zero-order chi connectivity index (χ0) is 17.4. The standard InChI is InChI=1S/C19H21ClN2O2S/c20-13-7-8-16-14(10-13)21-19(24)17(25-16)11-18(23)22-9-3-5-12-4-1-2-6-15(12)22/h7-8,10-12,15H,1-6,9H2,(H,21,24)/b17-11+/t12-,15-/m0/s1. The van der Waals surface area contributed by atoms with E-state index < -0.39 is 0 Å². The Balaban J connectivity index is 1.54. The summed E-state index contributed by atoms with van der Waals surface area (Å²) in [6, 6.07) is 5.76. The van der Waals surface area contributed by atoms with Gasteiger partial charge in [0.15, 0.2) is 0 Å². The average Bonchev–Trinajstić information content (AvgIpc) is 2.62. The highest BCUT2D eigenvalue weighted by Crippen LogP contribution is 2.40. The maximum atomic E-state index is 12.9. The molecule has 0 spiro atoms. The number of thioether (sulfide) groups is 1. The number of nitrogens with one attached hydrogen (secondary N) is 1. The second kappa shape index (κ2) is 7.04. The van der Waals surface area contributed by atoms with Gasteiger partial charge in [0.1, 0.15) is 0 Å². The molecule has 0 aromatic heterocycles. The van der Waals surface area contributed by atoms with Crippen molar-refractivity contribution in [2.75, 3.05) is 11.9 Å². The number of amides is 2. The van der Waals surface area contributed by atoms with Crippen molar-refractivity contribution < 1.29 is 9.59 Å². The van der Waals surface area contributed by atoms with Crippen molar-refractivity contribution in [3.63, 3.8) is 0 Å². The average molecular weight is 377 g/mol. The molecule has 25 heavy (non-hydrogen) atoms. The van der Waals surface area contributed by atoms with Gasteiger partial charge in [0, 0.05) is 28.6 Å². The summed E-state index contributed by atoms with van der Waals surface area (Å²) in [5, 5.41) is 3.42. The number of hydrogen-bond acceptors (Lipinski definition) is 3. The van der Waals surface area contributed by atoms with Crippen LogP contribution in [0.15, 0.2) is 34.1 Å². The van der Waals surface area contributed by atoms with Crippen LogP contribution in [0.1, 0.15) is 38.5 Å². The molecule has 0 bridgehead atoms. The molecule has 0 unspecified atom stereocenters. The first-order chi connectivity index (χ1) is 12.1. The number of carbonyl (C=O) groups is 2. The van der Waals surface area contributed by atoms with E-state index in [4.69, 9.17) is 11.6 Å². The fourth-order valence-electron chi connectivity index (χ4n) is 4.23. The molecule has 1 saturated carbocycles. The second-order valence-corrected chi connectivity index (χ2v) is 8.51. The Hall–Kier alpha value is -1.46. The lowest BCUT2D eigenvalue weighted by atomic mass is 9.78. The van der Waals surface area contributed by atoms with Crippen LogP contribution in [0.4, 0.5) is 5.69 Å². The second-order valence-electron chi connectivity index (χ2n) is 6.99. The number of nitrogens with zero attached hydrogens (tertiary/aromatic N) is 1. The van der Waals surface area contributed by atoms with E-state index in [0.29, 0.717) is 27.6 Å². The first kappa shape index (κ1) is 17.0. The molecule has 2 fully saturated rings. The topological polar surface area (TPSA) is 49.4 Å². The number of hydrogen-bond donors (Lipinski definition) is 1. The van der Waals surface area contributed by atoms with Gasteiger partial charge in [0.2, 0.25) is 5.91 Å². The van der Waals surface area contributed by atoms with Gasteiger partial charge in [0.05, 0.1) is 10.6 Å². The van der Waals surface area contributed by atoms with Crippen LogP contribution in [0.25, 0.3) is 0 Å². The summed E-state index contributed by atoms with van der Waals surface area (Å²) in [6.45, 7) is 0.808. The molecule has 1 aromatic rings. The van der Waals surface area contributed by atoms with Crippen LogP contribution in [-0.4, -0.2) is 29.3 Å². The number of likely N-dealkylation sites (tertiary alicyclic amines) is 1. The van der Waals surface area contributed by atoms with Crippen molar-refractivity contribution in [3.8, 4) is 0 Å². The number of halogens is 1. The Morgan fingerprint density at radius 2 is 2.04 bits per heavy atom. The molecule has 6 heteroatoms. The molecule has 1 aliphatic carbocycles. The maximum absolute atomic E-state index is 12.9. The fraction of sp³-hybridized carbons (Fsp3) is 0.474. The molecule has 4 rings (SSSR count). The van der Waals surface area contributed by atoms with E-state index in [0.717, 1.165) is 24.3 Å². The molecule has 2 atom stereocenters. The zero-order valence-corrected chi connectivity index (χ0v) is 15.5. The van der Waals surface area contributed by atoms with Crippen LogP contribution in [0.3, 0.4) is 0 Å². The monoisotopic (exact) mass is 376 g/mol. The Morgan fingerprint density at radius 1 is 1.24 bits per heavy atom. The number of piperidine rings is 1. The highest BCUT2D eigenvalue weighted by Gasteiger charge is 2.35. The molecule has 1 saturated heterocycles. The minimum atomic E-state index is -0.231. The van der Waals surface area contributed by atoms with Gasteiger partial charge in [0.25, 0.3) is 5.91 Å². The van der Waals surface area contributed by atoms with Gasteiger partial charge in [-0.15, -0.1) is 0 Å². The Bertz CT molecular complexity index is 747. The maximum Gasteiger partial charge on any atom is 0.262 e. The lowest BCUT2D eigenvalue weighted by Crippen LogP contribution is -2.49. The van der Waals surface area contributed by atoms with E-state index in [2.05, 4.69) is 5.32 Å². The van der Waals surface area contributed by atoms with Gasteiger partial charge < -0.3 is 10.2 Å². The number of fused-ring (bicyclic) bond motifs is 2. The molecule has 4 nitrogen and oxygen atoms in total. The van der Waals surface area contributed by atoms with E-state index in [1.54, 1.807) is 12.1 Å². The molecule has 2 heterocycles. The number of anilines is 1. The van der Waals surface area contributed by atoms with E-state index in [9.17, 15) is 9.59 Å². The van der Waals surface area contributed by atoms with Crippen LogP contribution >= 0.6 is 23.4 Å². The molecule has 1 N–H and O–H groups in total. The predicted octanol–water partition coefficient (Wildman–Crippen LogP) is 4.45. The zero-order valence-electron chi connectivity index (χ0n) is 14.0. The van der Waals surface area contributed by atoms with E-state index >= 15 is 0 Å². The lowest BCUT2D eigenvalue weighted by molar-refractivity contribution is -0.132. The summed E-state index contributed by atoms with van der Waals surface area (Å²) in [5.74, 6) is 0.387. The third-order valence-electron chi connectivity index (χ3n) is 5.41. The Kier molecular flexibility index (Phi) is 4.78. The molecular formula is C19H21ClN2O2S. The van der Waals surface area contributed by atoms with E-state index in [1.807, 2.05) is 11.0 Å². The summed E-state index contributed by atoms with van der Waals surface area (Å²) in [4.78, 5) is 28.6. The summed E-state index contributed by atoms with van der Waals surface area (Å²) in [7, 11) is 0. The van der Waals surface area contributed by atoms with Crippen molar-refractivity contribution in [2.45, 2.75) is 49.5 Å². The van der Waals surface area contributed by atoms with Crippen molar-refractivity contribution >= 4 is 40.9 Å². The molecule has 132 valence electrons. The van der Waals surface area contributed by atoms with Crippen LogP contribution in [-0.2, 0) is 9.59 Å². The van der Waals surface area contributed by atoms with Gasteiger partial charge in [-0.25, -0.2) is 0 Å². The quantitative estimate of drug-likeness (QED) is 0.736. The number of carbonyl (C=O) groups excluding carboxylic acids is 2. The molecule has 3 aliphatic rings. The van der Waals surface area contributed by atoms with Crippen LogP contribution < -0.4 is 5.32 Å². The lowest BCUT2D eigenvalue weighted by Gasteiger charge is -2.43. The van der Waals surface area contributed by atoms with E-state index in [1.165, 1.54) is 43.5 Å². The van der Waals surface area contributed by atoms with Gasteiger partial charge in [-0.2, -0.15) is 0 Å². The van der Waals surface area contributed by atoms with Crippen LogP contribution in [0.2, 0.25) is 5.02 Å². The van der Waals surface area contributed by atoms with Gasteiger partial charge in [-0.3, -0.25) is 9.59 Å². The van der Waals surface area contributed by atoms with Crippen LogP contribution in [0.5, 0.6) is 0 Å². The molecule has 1 aromatic carbocycles. The number of benzene rings is 1. The number of rotatable bonds is 1. The molecule has 0 radical (unpaired) electrons. The van der Waals surface area contributed by atoms with Crippen LogP contribution in [0, 0.1) is 5.92 Å². The van der Waals surface area contributed by atoms with Gasteiger partial charge >= 0.3 is 0 Å². The smallest absolute Gasteiger partial charge is 0.262 e. The van der Waals surface area contributed by atoms with Gasteiger partial charge in [-0.05, 0) is 49.8 Å². The third kappa shape index (κ3) is 3.44. The highest BCUT2D eigenvalue weighted by molar-refractivity contribution is 8.04. The first-order valence-corrected chi connectivity index (χ1v) is 10.1. The third-order valence-corrected chi connectivity index (χ3v) is 6.75. The molecule has 2 aliphatic heterocycles. The van der Waals surface area contributed by atoms with Crippen molar-refractivity contribution in [2.24, 2.45) is 5.92 Å². The minimum absolute atomic E-state index is 0.0216. The minimum Gasteiger partial charge on any atom is -0.336 e. The summed E-state index contributed by atoms with van der Waals surface area (Å²) in [6.07, 6.45) is 8.63. The first-order valence-electron chi connectivity index (χ1n) is 8.93. The summed E-state index contributed by atoms with van der Waals surface area (Å²) < 4.78 is 0. The highest BCUT2D eigenvalue weighted by atomic mass is 35.5. The SMILES string of the molecule is O=C1Nc2cc(Cl)ccc2S/C1=C/C(=O)N1CCC[C@@H]2CCCC[C@@H]21. The predicted molar refractivity (Wildman–Crippen MR) is 101 cm³/mol. The normalized spacial score (nSPS) is 27.5. The Morgan fingerprint density at radius 3 is 2.92 bits per heavy atom. The largest absolute Gasteiger partial charge is 0.336 e. The molecule has 2 amide bonds. The fourth-order valence-corrected chi connectivity index (χ4v) is 5.29. The van der Waals surface area contributed by atoms with Crippen molar-refractivity contribution in [1.29, 1.82) is 0 Å². The van der Waals surface area contributed by atoms with E-state index in [-0.39, 0.29) is 11.8 Å². The molecular weight excluding hydrogens is 356 g/mol. The summed E-state index contributed by atoms with van der Waals surface area (Å²) in [5.41, 5.74) is 0.706. The van der Waals surface area contributed by atoms with Gasteiger partial charge in [-0.1, -0.05) is 36.2 Å². The van der Waals surface area contributed by atoms with Crippen molar-refractivity contribution in [3.05, 3.63) is 34.2 Å². The van der Waals surface area contributed by atoms with Crippen molar-refractivity contribution in [1.82, 2.24) is 4.90 Å².